The average Bonchev–Trinajstić information content (AvgIpc) is 2.62. The van der Waals surface area contributed by atoms with Gasteiger partial charge in [0.2, 0.25) is 0 Å². The summed E-state index contributed by atoms with van der Waals surface area (Å²) in [5.41, 5.74) is 7.08. The van der Waals surface area contributed by atoms with Crippen molar-refractivity contribution < 1.29 is 8.42 Å². The van der Waals surface area contributed by atoms with E-state index < -0.39 is 9.84 Å². The number of rotatable bonds is 2. The average molecular weight is 316 g/mol. The fourth-order valence-electron chi connectivity index (χ4n) is 1.46. The summed E-state index contributed by atoms with van der Waals surface area (Å²) in [6.07, 6.45) is 2.72. The highest BCUT2D eigenvalue weighted by molar-refractivity contribution is 9.10. The molecule has 5 nitrogen and oxygen atoms in total. The molecule has 0 amide bonds. The predicted molar refractivity (Wildman–Crippen MR) is 69.2 cm³/mol. The maximum atomic E-state index is 11.5. The van der Waals surface area contributed by atoms with Crippen LogP contribution in [0.1, 0.15) is 0 Å². The quantitative estimate of drug-likeness (QED) is 0.884. The van der Waals surface area contributed by atoms with Crippen LogP contribution in [0.3, 0.4) is 0 Å². The van der Waals surface area contributed by atoms with Crippen molar-refractivity contribution in [3.8, 4) is 11.1 Å². The molecule has 0 spiro atoms. The van der Waals surface area contributed by atoms with Crippen molar-refractivity contribution in [1.29, 1.82) is 0 Å². The Morgan fingerprint density at radius 2 is 2.06 bits per heavy atom. The Morgan fingerprint density at radius 1 is 1.35 bits per heavy atom. The summed E-state index contributed by atoms with van der Waals surface area (Å²) in [7, 11) is -3.25. The molecule has 0 unspecified atom stereocenters. The lowest BCUT2D eigenvalue weighted by atomic mass is 10.1. The van der Waals surface area contributed by atoms with Crippen LogP contribution in [0.5, 0.6) is 0 Å². The fourth-order valence-corrected chi connectivity index (χ4v) is 2.79. The Balaban J connectivity index is 2.65. The number of hydrogen-bond donors (Lipinski definition) is 2. The summed E-state index contributed by atoms with van der Waals surface area (Å²) < 4.78 is 23.7. The molecule has 0 aliphatic heterocycles. The number of benzene rings is 1. The molecule has 0 radical (unpaired) electrons. The number of sulfone groups is 1. The second-order valence-electron chi connectivity index (χ2n) is 3.65. The van der Waals surface area contributed by atoms with Gasteiger partial charge in [0, 0.05) is 16.3 Å². The van der Waals surface area contributed by atoms with Crippen LogP contribution >= 0.6 is 15.9 Å². The third-order valence-electron chi connectivity index (χ3n) is 2.28. The number of aromatic nitrogens is 2. The first kappa shape index (κ1) is 12.1. The van der Waals surface area contributed by atoms with E-state index in [1.807, 2.05) is 0 Å². The zero-order chi connectivity index (χ0) is 12.6. The highest BCUT2D eigenvalue weighted by atomic mass is 79.9. The fraction of sp³-hybridized carbons (Fsp3) is 0.100. The zero-order valence-electron chi connectivity index (χ0n) is 8.94. The second kappa shape index (κ2) is 4.15. The Hall–Kier alpha value is -1.34. The molecule has 1 heterocycles. The smallest absolute Gasteiger partial charge is 0.175 e. The lowest BCUT2D eigenvalue weighted by Gasteiger charge is -2.04. The van der Waals surface area contributed by atoms with Crippen molar-refractivity contribution in [3.05, 3.63) is 28.9 Å². The first-order valence-corrected chi connectivity index (χ1v) is 7.36. The third-order valence-corrected chi connectivity index (χ3v) is 3.83. The molecule has 0 saturated carbocycles. The molecule has 90 valence electrons. The van der Waals surface area contributed by atoms with E-state index >= 15 is 0 Å². The minimum atomic E-state index is -3.25. The van der Waals surface area contributed by atoms with Crippen LogP contribution in [0.2, 0.25) is 0 Å². The minimum Gasteiger partial charge on any atom is -0.384 e. The van der Waals surface area contributed by atoms with Crippen molar-refractivity contribution in [2.75, 3.05) is 12.0 Å². The number of aromatic amines is 1. The SMILES string of the molecule is CS(=O)(=O)c1cc(Br)cc(-c2cn[nH]c2N)c1. The van der Waals surface area contributed by atoms with Gasteiger partial charge in [0.25, 0.3) is 0 Å². The van der Waals surface area contributed by atoms with Gasteiger partial charge in [-0.3, -0.25) is 5.10 Å². The Labute approximate surface area is 107 Å². The van der Waals surface area contributed by atoms with E-state index in [-0.39, 0.29) is 4.90 Å². The maximum absolute atomic E-state index is 11.5. The highest BCUT2D eigenvalue weighted by Crippen LogP contribution is 2.29. The third kappa shape index (κ3) is 2.50. The van der Waals surface area contributed by atoms with Gasteiger partial charge in [0.05, 0.1) is 11.1 Å². The van der Waals surface area contributed by atoms with E-state index in [4.69, 9.17) is 5.73 Å². The molecular weight excluding hydrogens is 306 g/mol. The van der Waals surface area contributed by atoms with Crippen molar-refractivity contribution in [1.82, 2.24) is 10.2 Å². The Bertz CT molecular complexity index is 664. The van der Waals surface area contributed by atoms with Crippen LogP contribution in [0.25, 0.3) is 11.1 Å². The van der Waals surface area contributed by atoms with Gasteiger partial charge in [-0.25, -0.2) is 8.42 Å². The molecule has 0 fully saturated rings. The molecule has 1 aromatic heterocycles. The molecule has 3 N–H and O–H groups in total. The van der Waals surface area contributed by atoms with Crippen LogP contribution in [0.15, 0.2) is 33.8 Å². The van der Waals surface area contributed by atoms with Crippen LogP contribution in [-0.4, -0.2) is 24.9 Å². The standard InChI is InChI=1S/C10H10BrN3O2S/c1-17(15,16)8-3-6(2-7(11)4-8)9-5-13-14-10(9)12/h2-5H,1H3,(H3,12,13,14). The van der Waals surface area contributed by atoms with Gasteiger partial charge in [0.1, 0.15) is 5.82 Å². The summed E-state index contributed by atoms with van der Waals surface area (Å²) in [6.45, 7) is 0. The summed E-state index contributed by atoms with van der Waals surface area (Å²) in [5, 5.41) is 6.41. The molecule has 0 atom stereocenters. The summed E-state index contributed by atoms with van der Waals surface area (Å²) >= 11 is 3.28. The molecule has 0 aliphatic rings. The van der Waals surface area contributed by atoms with Gasteiger partial charge < -0.3 is 5.73 Å². The van der Waals surface area contributed by atoms with Gasteiger partial charge in [0.15, 0.2) is 9.84 Å². The molecule has 2 aromatic rings. The van der Waals surface area contributed by atoms with Gasteiger partial charge in [-0.1, -0.05) is 15.9 Å². The molecule has 17 heavy (non-hydrogen) atoms. The summed E-state index contributed by atoms with van der Waals surface area (Å²) in [4.78, 5) is 0.238. The van der Waals surface area contributed by atoms with E-state index in [2.05, 4.69) is 26.1 Å². The van der Waals surface area contributed by atoms with Crippen LogP contribution in [0, 0.1) is 0 Å². The van der Waals surface area contributed by atoms with Gasteiger partial charge >= 0.3 is 0 Å². The summed E-state index contributed by atoms with van der Waals surface area (Å²) in [6, 6.07) is 4.91. The molecule has 2 rings (SSSR count). The minimum absolute atomic E-state index is 0.238. The van der Waals surface area contributed by atoms with E-state index in [1.54, 1.807) is 24.4 Å². The molecule has 0 aliphatic carbocycles. The number of nitrogens with zero attached hydrogens (tertiary/aromatic N) is 1. The lowest BCUT2D eigenvalue weighted by molar-refractivity contribution is 0.602. The van der Waals surface area contributed by atoms with Gasteiger partial charge in [-0.15, -0.1) is 0 Å². The number of nitrogens with two attached hydrogens (primary N) is 1. The first-order chi connectivity index (χ1) is 7.88. The van der Waals surface area contributed by atoms with E-state index in [0.717, 1.165) is 6.26 Å². The van der Waals surface area contributed by atoms with Crippen molar-refractivity contribution in [3.63, 3.8) is 0 Å². The van der Waals surface area contributed by atoms with Crippen molar-refractivity contribution in [2.45, 2.75) is 4.90 Å². The van der Waals surface area contributed by atoms with Gasteiger partial charge in [-0.2, -0.15) is 5.10 Å². The number of hydrogen-bond acceptors (Lipinski definition) is 4. The normalized spacial score (nSPS) is 11.6. The molecule has 1 aromatic carbocycles. The number of nitrogens with one attached hydrogen (secondary N) is 1. The second-order valence-corrected chi connectivity index (χ2v) is 6.58. The largest absolute Gasteiger partial charge is 0.384 e. The molecule has 0 saturated heterocycles. The number of nitrogen functional groups attached to an aromatic ring is 1. The van der Waals surface area contributed by atoms with E-state index in [9.17, 15) is 8.42 Å². The monoisotopic (exact) mass is 315 g/mol. The molecule has 7 heteroatoms. The first-order valence-electron chi connectivity index (χ1n) is 4.68. The zero-order valence-corrected chi connectivity index (χ0v) is 11.3. The maximum Gasteiger partial charge on any atom is 0.175 e. The van der Waals surface area contributed by atoms with E-state index in [0.29, 0.717) is 21.4 Å². The number of H-pyrrole nitrogens is 1. The van der Waals surface area contributed by atoms with E-state index in [1.165, 1.54) is 0 Å². The number of anilines is 1. The highest BCUT2D eigenvalue weighted by Gasteiger charge is 2.12. The Kier molecular flexibility index (Phi) is 2.96. The summed E-state index contributed by atoms with van der Waals surface area (Å²) in [5.74, 6) is 0.405. The number of halogens is 1. The molecule has 0 bridgehead atoms. The topological polar surface area (TPSA) is 88.8 Å². The van der Waals surface area contributed by atoms with Crippen molar-refractivity contribution in [2.24, 2.45) is 0 Å². The molecular formula is C10H10BrN3O2S. The van der Waals surface area contributed by atoms with Crippen LogP contribution in [-0.2, 0) is 9.84 Å². The van der Waals surface area contributed by atoms with Crippen molar-refractivity contribution >= 4 is 31.6 Å². The van der Waals surface area contributed by atoms with Crippen LogP contribution in [0.4, 0.5) is 5.82 Å². The Morgan fingerprint density at radius 3 is 2.59 bits per heavy atom. The predicted octanol–water partition coefficient (Wildman–Crippen LogP) is 1.82. The van der Waals surface area contributed by atoms with Crippen LogP contribution < -0.4 is 5.73 Å². The van der Waals surface area contributed by atoms with Gasteiger partial charge in [-0.05, 0) is 23.8 Å². The lowest BCUT2D eigenvalue weighted by Crippen LogP contribution is -1.97.